The molecule has 0 N–H and O–H groups in total. The molecule has 0 aliphatic heterocycles. The molecule has 0 heterocycles. The van der Waals surface area contributed by atoms with Crippen molar-refractivity contribution in [3.8, 4) is 0 Å². The van der Waals surface area contributed by atoms with Crippen molar-refractivity contribution >= 4 is 10.8 Å². The third kappa shape index (κ3) is 2.22. The predicted molar refractivity (Wildman–Crippen MR) is 76.5 cm³/mol. The average Bonchev–Trinajstić information content (AvgIpc) is 2.38. The van der Waals surface area contributed by atoms with E-state index in [-0.39, 0.29) is 0 Å². The molecule has 1 atom stereocenters. The Morgan fingerprint density at radius 1 is 0.941 bits per heavy atom. The fourth-order valence-corrected chi connectivity index (χ4v) is 2.81. The van der Waals surface area contributed by atoms with Crippen molar-refractivity contribution in [2.75, 3.05) is 0 Å². The molecule has 0 nitrogen and oxygen atoms in total. The first-order chi connectivity index (χ1) is 8.21. The summed E-state index contributed by atoms with van der Waals surface area (Å²) in [5.74, 6) is 0. The molecule has 17 heavy (non-hydrogen) atoms. The van der Waals surface area contributed by atoms with Crippen LogP contribution in [-0.4, -0.2) is 0 Å². The maximum absolute atomic E-state index is 2.40. The van der Waals surface area contributed by atoms with Crippen LogP contribution in [0.25, 0.3) is 10.8 Å². The number of hydrogen-bond donors (Lipinski definition) is 0. The zero-order valence-corrected chi connectivity index (χ0v) is 11.2. The first-order valence-corrected chi connectivity index (χ1v) is 6.69. The quantitative estimate of drug-likeness (QED) is 0.663. The molecule has 0 amide bonds. The van der Waals surface area contributed by atoms with Gasteiger partial charge in [0.05, 0.1) is 0 Å². The molecule has 0 fully saturated rings. The summed E-state index contributed by atoms with van der Waals surface area (Å²) in [6.45, 7) is 6.98. The van der Waals surface area contributed by atoms with Crippen LogP contribution < -0.4 is 0 Å². The van der Waals surface area contributed by atoms with E-state index >= 15 is 0 Å². The van der Waals surface area contributed by atoms with Crippen LogP contribution in [0.15, 0.2) is 42.5 Å². The van der Waals surface area contributed by atoms with Gasteiger partial charge in [-0.25, -0.2) is 0 Å². The summed E-state index contributed by atoms with van der Waals surface area (Å²) in [7, 11) is 0. The van der Waals surface area contributed by atoms with Crippen LogP contribution in [0.4, 0.5) is 0 Å². The maximum atomic E-state index is 2.40. The van der Waals surface area contributed by atoms with Crippen LogP contribution in [-0.2, 0) is 5.41 Å². The lowest BCUT2D eigenvalue weighted by Crippen LogP contribution is -2.20. The van der Waals surface area contributed by atoms with Crippen molar-refractivity contribution in [2.24, 2.45) is 0 Å². The van der Waals surface area contributed by atoms with Gasteiger partial charge in [0.15, 0.2) is 0 Å². The molecule has 2 aromatic rings. The van der Waals surface area contributed by atoms with Gasteiger partial charge in [-0.05, 0) is 34.6 Å². The zero-order valence-electron chi connectivity index (χ0n) is 11.2. The SMILES string of the molecule is CCCC(C)(CC)c1cccc2ccccc12. The lowest BCUT2D eigenvalue weighted by atomic mass is 9.75. The second kappa shape index (κ2) is 4.91. The maximum Gasteiger partial charge on any atom is -0.00718 e. The largest absolute Gasteiger partial charge is 0.0654 e. The predicted octanol–water partition coefficient (Wildman–Crippen LogP) is 5.31. The highest BCUT2D eigenvalue weighted by molar-refractivity contribution is 5.86. The van der Waals surface area contributed by atoms with Gasteiger partial charge in [0, 0.05) is 0 Å². The van der Waals surface area contributed by atoms with E-state index in [9.17, 15) is 0 Å². The first kappa shape index (κ1) is 12.2. The Balaban J connectivity index is 2.61. The summed E-state index contributed by atoms with van der Waals surface area (Å²) < 4.78 is 0. The monoisotopic (exact) mass is 226 g/mol. The molecular weight excluding hydrogens is 204 g/mol. The van der Waals surface area contributed by atoms with E-state index in [1.165, 1.54) is 35.6 Å². The summed E-state index contributed by atoms with van der Waals surface area (Å²) >= 11 is 0. The molecule has 0 aliphatic rings. The smallest absolute Gasteiger partial charge is 0.00718 e. The van der Waals surface area contributed by atoms with Gasteiger partial charge in [-0.1, -0.05) is 69.7 Å². The Morgan fingerprint density at radius 2 is 1.65 bits per heavy atom. The molecular formula is C17H22. The van der Waals surface area contributed by atoms with E-state index < -0.39 is 0 Å². The summed E-state index contributed by atoms with van der Waals surface area (Å²) in [4.78, 5) is 0. The Labute approximate surface area is 105 Å². The lowest BCUT2D eigenvalue weighted by Gasteiger charge is -2.30. The third-order valence-corrected chi connectivity index (χ3v) is 4.02. The third-order valence-electron chi connectivity index (χ3n) is 4.02. The molecule has 90 valence electrons. The standard InChI is InChI=1S/C17H22/c1-4-13-17(3,5-2)16-12-8-10-14-9-6-7-11-15(14)16/h6-12H,4-5,13H2,1-3H3. The second-order valence-electron chi connectivity index (χ2n) is 5.19. The summed E-state index contributed by atoms with van der Waals surface area (Å²) in [5.41, 5.74) is 1.83. The van der Waals surface area contributed by atoms with Crippen molar-refractivity contribution in [3.05, 3.63) is 48.0 Å². The van der Waals surface area contributed by atoms with Crippen LogP contribution in [0.3, 0.4) is 0 Å². The zero-order chi connectivity index (χ0) is 12.3. The minimum Gasteiger partial charge on any atom is -0.0654 e. The fourth-order valence-electron chi connectivity index (χ4n) is 2.81. The molecule has 0 saturated heterocycles. The van der Waals surface area contributed by atoms with Gasteiger partial charge in [-0.3, -0.25) is 0 Å². The van der Waals surface area contributed by atoms with Crippen LogP contribution >= 0.6 is 0 Å². The molecule has 2 rings (SSSR count). The Morgan fingerprint density at radius 3 is 2.35 bits per heavy atom. The number of hydrogen-bond acceptors (Lipinski definition) is 0. The van der Waals surface area contributed by atoms with E-state index in [2.05, 4.69) is 63.2 Å². The molecule has 1 unspecified atom stereocenters. The van der Waals surface area contributed by atoms with Gasteiger partial charge < -0.3 is 0 Å². The van der Waals surface area contributed by atoms with E-state index in [1.54, 1.807) is 0 Å². The molecule has 0 saturated carbocycles. The van der Waals surface area contributed by atoms with Gasteiger partial charge in [-0.2, -0.15) is 0 Å². The van der Waals surface area contributed by atoms with E-state index in [1.807, 2.05) is 0 Å². The molecule has 0 radical (unpaired) electrons. The summed E-state index contributed by atoms with van der Waals surface area (Å²) in [5, 5.41) is 2.79. The summed E-state index contributed by atoms with van der Waals surface area (Å²) in [6.07, 6.45) is 3.71. The van der Waals surface area contributed by atoms with Gasteiger partial charge >= 0.3 is 0 Å². The highest BCUT2D eigenvalue weighted by atomic mass is 14.3. The number of fused-ring (bicyclic) bond motifs is 1. The van der Waals surface area contributed by atoms with Crippen molar-refractivity contribution in [1.82, 2.24) is 0 Å². The molecule has 2 aromatic carbocycles. The normalized spacial score (nSPS) is 14.8. The molecule has 0 aliphatic carbocycles. The van der Waals surface area contributed by atoms with Crippen molar-refractivity contribution < 1.29 is 0 Å². The van der Waals surface area contributed by atoms with Gasteiger partial charge in [0.1, 0.15) is 0 Å². The Hall–Kier alpha value is -1.30. The minimum absolute atomic E-state index is 0.315. The van der Waals surface area contributed by atoms with Crippen molar-refractivity contribution in [2.45, 2.75) is 45.4 Å². The topological polar surface area (TPSA) is 0 Å². The number of benzene rings is 2. The average molecular weight is 226 g/mol. The van der Waals surface area contributed by atoms with Gasteiger partial charge in [0.2, 0.25) is 0 Å². The minimum atomic E-state index is 0.315. The molecule has 0 heteroatoms. The second-order valence-corrected chi connectivity index (χ2v) is 5.19. The summed E-state index contributed by atoms with van der Waals surface area (Å²) in [6, 6.07) is 15.4. The van der Waals surface area contributed by atoms with Crippen molar-refractivity contribution in [1.29, 1.82) is 0 Å². The highest BCUT2D eigenvalue weighted by Gasteiger charge is 2.24. The van der Waals surface area contributed by atoms with Gasteiger partial charge in [-0.15, -0.1) is 0 Å². The number of rotatable bonds is 4. The van der Waals surface area contributed by atoms with Crippen LogP contribution in [0, 0.1) is 0 Å². The van der Waals surface area contributed by atoms with Gasteiger partial charge in [0.25, 0.3) is 0 Å². The molecule has 0 bridgehead atoms. The van der Waals surface area contributed by atoms with E-state index in [0.29, 0.717) is 5.41 Å². The fraction of sp³-hybridized carbons (Fsp3) is 0.412. The van der Waals surface area contributed by atoms with E-state index in [0.717, 1.165) is 0 Å². The van der Waals surface area contributed by atoms with Crippen LogP contribution in [0.2, 0.25) is 0 Å². The Bertz CT molecular complexity index is 493. The van der Waals surface area contributed by atoms with Crippen LogP contribution in [0.1, 0.15) is 45.6 Å². The molecule has 0 aromatic heterocycles. The first-order valence-electron chi connectivity index (χ1n) is 6.69. The molecule has 0 spiro atoms. The highest BCUT2D eigenvalue weighted by Crippen LogP contribution is 2.36. The lowest BCUT2D eigenvalue weighted by molar-refractivity contribution is 0.417. The van der Waals surface area contributed by atoms with Crippen LogP contribution in [0.5, 0.6) is 0 Å². The van der Waals surface area contributed by atoms with Crippen molar-refractivity contribution in [3.63, 3.8) is 0 Å². The van der Waals surface area contributed by atoms with E-state index in [4.69, 9.17) is 0 Å². The Kier molecular flexibility index (Phi) is 3.51.